The van der Waals surface area contributed by atoms with E-state index in [0.717, 1.165) is 5.69 Å². The van der Waals surface area contributed by atoms with Crippen molar-refractivity contribution in [1.82, 2.24) is 9.78 Å². The van der Waals surface area contributed by atoms with Crippen molar-refractivity contribution in [2.75, 3.05) is 0 Å². The molecule has 1 aromatic rings. The van der Waals surface area contributed by atoms with Crippen LogP contribution in [-0.2, 0) is 6.54 Å². The van der Waals surface area contributed by atoms with Crippen LogP contribution in [0.4, 0.5) is 0 Å². The van der Waals surface area contributed by atoms with Crippen LogP contribution in [0.25, 0.3) is 0 Å². The number of hydrogen-bond acceptors (Lipinski definition) is 3. The minimum atomic E-state index is -0.297. The molecule has 0 bridgehead atoms. The fraction of sp³-hybridized carbons (Fsp3) is 0.500. The Morgan fingerprint density at radius 3 is 2.67 bits per heavy atom. The lowest BCUT2D eigenvalue weighted by Gasteiger charge is -2.10. The predicted molar refractivity (Wildman–Crippen MR) is 59.3 cm³/mol. The second kappa shape index (κ2) is 4.25. The highest BCUT2D eigenvalue weighted by Gasteiger charge is 2.11. The topological polar surface area (TPSA) is 84.8 Å². The zero-order valence-corrected chi connectivity index (χ0v) is 9.24. The van der Waals surface area contributed by atoms with E-state index in [4.69, 9.17) is 11.1 Å². The molecule has 0 radical (unpaired) electrons. The van der Waals surface area contributed by atoms with Crippen molar-refractivity contribution in [3.63, 3.8) is 0 Å². The third-order valence-corrected chi connectivity index (χ3v) is 2.17. The van der Waals surface area contributed by atoms with Crippen molar-refractivity contribution in [3.05, 3.63) is 27.7 Å². The Labute approximate surface area is 88.4 Å². The van der Waals surface area contributed by atoms with Gasteiger partial charge in [0, 0.05) is 6.54 Å². The van der Waals surface area contributed by atoms with Crippen LogP contribution in [0.2, 0.25) is 0 Å². The molecule has 5 nitrogen and oxygen atoms in total. The SMILES string of the molecule is CCn1nc(C(C)C)cc(C(=N)N)c1=O. The summed E-state index contributed by atoms with van der Waals surface area (Å²) < 4.78 is 1.34. The molecule has 15 heavy (non-hydrogen) atoms. The van der Waals surface area contributed by atoms with Gasteiger partial charge >= 0.3 is 0 Å². The number of nitrogens with one attached hydrogen (secondary N) is 1. The molecule has 0 saturated heterocycles. The van der Waals surface area contributed by atoms with Gasteiger partial charge in [0.05, 0.1) is 11.3 Å². The zero-order valence-electron chi connectivity index (χ0n) is 9.24. The molecule has 1 rings (SSSR count). The van der Waals surface area contributed by atoms with Gasteiger partial charge in [-0.25, -0.2) is 4.68 Å². The van der Waals surface area contributed by atoms with E-state index in [1.165, 1.54) is 4.68 Å². The molecule has 0 aliphatic heterocycles. The van der Waals surface area contributed by atoms with E-state index in [2.05, 4.69) is 5.10 Å². The van der Waals surface area contributed by atoms with Gasteiger partial charge in [0.1, 0.15) is 5.84 Å². The minimum Gasteiger partial charge on any atom is -0.384 e. The molecule has 0 spiro atoms. The summed E-state index contributed by atoms with van der Waals surface area (Å²) in [4.78, 5) is 11.7. The molecule has 0 unspecified atom stereocenters. The molecule has 0 aliphatic carbocycles. The largest absolute Gasteiger partial charge is 0.384 e. The molecule has 0 aromatic carbocycles. The second-order valence-corrected chi connectivity index (χ2v) is 3.67. The first-order chi connectivity index (χ1) is 6.97. The van der Waals surface area contributed by atoms with E-state index in [0.29, 0.717) is 6.54 Å². The zero-order chi connectivity index (χ0) is 11.6. The average Bonchev–Trinajstić information content (AvgIpc) is 2.17. The summed E-state index contributed by atoms with van der Waals surface area (Å²) >= 11 is 0. The van der Waals surface area contributed by atoms with Crippen molar-refractivity contribution in [3.8, 4) is 0 Å². The summed E-state index contributed by atoms with van der Waals surface area (Å²) in [6, 6.07) is 1.60. The molecule has 0 amide bonds. The standard InChI is InChI=1S/C10H16N4O/c1-4-14-10(15)7(9(11)12)5-8(13-14)6(2)3/h5-6H,4H2,1-3H3,(H3,11,12). The number of nitrogens with zero attached hydrogens (tertiary/aromatic N) is 2. The molecule has 1 heterocycles. The van der Waals surface area contributed by atoms with Crippen LogP contribution in [-0.4, -0.2) is 15.6 Å². The summed E-state index contributed by atoms with van der Waals surface area (Å²) in [5, 5.41) is 11.5. The molecular weight excluding hydrogens is 192 g/mol. The number of nitrogen functional groups attached to an aromatic ring is 1. The van der Waals surface area contributed by atoms with Crippen molar-refractivity contribution >= 4 is 5.84 Å². The Balaban J connectivity index is 3.45. The van der Waals surface area contributed by atoms with Crippen LogP contribution < -0.4 is 11.3 Å². The summed E-state index contributed by atoms with van der Waals surface area (Å²) in [5.74, 6) is 0.00741. The summed E-state index contributed by atoms with van der Waals surface area (Å²) in [5.41, 5.74) is 6.06. The Hall–Kier alpha value is -1.65. The lowest BCUT2D eigenvalue weighted by atomic mass is 10.1. The average molecular weight is 208 g/mol. The number of aryl methyl sites for hydroxylation is 1. The first-order valence-corrected chi connectivity index (χ1v) is 4.93. The molecule has 0 saturated carbocycles. The number of amidine groups is 1. The molecule has 0 aliphatic rings. The number of nitrogens with two attached hydrogens (primary N) is 1. The molecule has 5 heteroatoms. The van der Waals surface area contributed by atoms with E-state index in [-0.39, 0.29) is 22.9 Å². The van der Waals surface area contributed by atoms with Gasteiger partial charge in [0.25, 0.3) is 5.56 Å². The lowest BCUT2D eigenvalue weighted by molar-refractivity contribution is 0.584. The lowest BCUT2D eigenvalue weighted by Crippen LogP contribution is -2.32. The number of aromatic nitrogens is 2. The van der Waals surface area contributed by atoms with E-state index in [1.807, 2.05) is 20.8 Å². The van der Waals surface area contributed by atoms with Crippen molar-refractivity contribution in [2.24, 2.45) is 5.73 Å². The van der Waals surface area contributed by atoms with Gasteiger partial charge in [-0.2, -0.15) is 5.10 Å². The molecular formula is C10H16N4O. The molecule has 3 N–H and O–H groups in total. The van der Waals surface area contributed by atoms with Crippen molar-refractivity contribution in [2.45, 2.75) is 33.2 Å². The fourth-order valence-electron chi connectivity index (χ4n) is 1.25. The van der Waals surface area contributed by atoms with Gasteiger partial charge in [-0.15, -0.1) is 0 Å². The number of hydrogen-bond donors (Lipinski definition) is 2. The summed E-state index contributed by atoms with van der Waals surface area (Å²) in [7, 11) is 0. The molecule has 1 aromatic heterocycles. The van der Waals surface area contributed by atoms with Gasteiger partial charge in [0.2, 0.25) is 0 Å². The Morgan fingerprint density at radius 1 is 1.67 bits per heavy atom. The quantitative estimate of drug-likeness (QED) is 0.565. The predicted octanol–water partition coefficient (Wildman–Crippen LogP) is 0.671. The highest BCUT2D eigenvalue weighted by molar-refractivity contribution is 5.94. The van der Waals surface area contributed by atoms with Gasteiger partial charge in [0.15, 0.2) is 0 Å². The maximum absolute atomic E-state index is 11.7. The van der Waals surface area contributed by atoms with Crippen LogP contribution in [0.15, 0.2) is 10.9 Å². The van der Waals surface area contributed by atoms with Gasteiger partial charge in [-0.05, 0) is 18.9 Å². The van der Waals surface area contributed by atoms with E-state index in [1.54, 1.807) is 6.07 Å². The third kappa shape index (κ3) is 2.23. The minimum absolute atomic E-state index is 0.202. The van der Waals surface area contributed by atoms with Crippen LogP contribution in [0.3, 0.4) is 0 Å². The third-order valence-electron chi connectivity index (χ3n) is 2.17. The molecule has 0 fully saturated rings. The van der Waals surface area contributed by atoms with Crippen molar-refractivity contribution in [1.29, 1.82) is 5.41 Å². The van der Waals surface area contributed by atoms with Crippen LogP contribution in [0.1, 0.15) is 37.9 Å². The normalized spacial score (nSPS) is 10.7. The first kappa shape index (κ1) is 11.4. The van der Waals surface area contributed by atoms with Crippen LogP contribution in [0.5, 0.6) is 0 Å². The summed E-state index contributed by atoms with van der Waals surface area (Å²) in [6.07, 6.45) is 0. The Bertz CT molecular complexity index is 434. The van der Waals surface area contributed by atoms with Gasteiger partial charge in [-0.3, -0.25) is 10.2 Å². The molecule has 82 valence electrons. The van der Waals surface area contributed by atoms with Gasteiger partial charge < -0.3 is 5.73 Å². The van der Waals surface area contributed by atoms with E-state index in [9.17, 15) is 4.79 Å². The smallest absolute Gasteiger partial charge is 0.277 e. The van der Waals surface area contributed by atoms with Crippen LogP contribution in [0, 0.1) is 5.41 Å². The fourth-order valence-corrected chi connectivity index (χ4v) is 1.25. The highest BCUT2D eigenvalue weighted by Crippen LogP contribution is 2.10. The monoisotopic (exact) mass is 208 g/mol. The van der Waals surface area contributed by atoms with E-state index < -0.39 is 0 Å². The number of rotatable bonds is 3. The summed E-state index contributed by atoms with van der Waals surface area (Å²) in [6.45, 7) is 6.29. The first-order valence-electron chi connectivity index (χ1n) is 4.93. The maximum atomic E-state index is 11.7. The molecule has 0 atom stereocenters. The van der Waals surface area contributed by atoms with E-state index >= 15 is 0 Å². The van der Waals surface area contributed by atoms with Crippen molar-refractivity contribution < 1.29 is 0 Å². The second-order valence-electron chi connectivity index (χ2n) is 3.67. The van der Waals surface area contributed by atoms with Gasteiger partial charge in [-0.1, -0.05) is 13.8 Å². The van der Waals surface area contributed by atoms with Crippen LogP contribution >= 0.6 is 0 Å². The maximum Gasteiger partial charge on any atom is 0.277 e. The Morgan fingerprint density at radius 2 is 2.27 bits per heavy atom. The Kier molecular flexibility index (Phi) is 3.24. The highest BCUT2D eigenvalue weighted by atomic mass is 16.1.